The fraction of sp³-hybridized carbons (Fsp3) is 0.867. The number of morpholine rings is 1. The number of carbonyl (C=O) groups is 1. The number of amides is 1. The van der Waals surface area contributed by atoms with Crippen LogP contribution >= 0.6 is 0 Å². The van der Waals surface area contributed by atoms with E-state index in [2.05, 4.69) is 15.2 Å². The molecule has 2 rings (SSSR count). The van der Waals surface area contributed by atoms with Gasteiger partial charge in [-0.3, -0.25) is 9.89 Å². The molecule has 2 saturated heterocycles. The molecule has 3 N–H and O–H groups in total. The first-order valence-electron chi connectivity index (χ1n) is 8.47. The predicted octanol–water partition coefficient (Wildman–Crippen LogP) is -0.156. The Morgan fingerprint density at radius 3 is 2.65 bits per heavy atom. The van der Waals surface area contributed by atoms with E-state index in [4.69, 9.17) is 15.2 Å². The van der Waals surface area contributed by atoms with E-state index in [1.54, 1.807) is 4.90 Å². The van der Waals surface area contributed by atoms with Crippen molar-refractivity contribution < 1.29 is 14.3 Å². The third-order valence-corrected chi connectivity index (χ3v) is 4.18. The second-order valence-corrected chi connectivity index (χ2v) is 5.83. The number of nitrogens with two attached hydrogens (primary N) is 1. The summed E-state index contributed by atoms with van der Waals surface area (Å²) in [6, 6.07) is 0.271. The van der Waals surface area contributed by atoms with Crippen molar-refractivity contribution in [3.05, 3.63) is 0 Å². The van der Waals surface area contributed by atoms with Gasteiger partial charge in [-0.2, -0.15) is 0 Å². The van der Waals surface area contributed by atoms with Gasteiger partial charge in [-0.15, -0.1) is 0 Å². The lowest BCUT2D eigenvalue weighted by atomic mass is 10.1. The summed E-state index contributed by atoms with van der Waals surface area (Å²) in [6.45, 7) is 8.76. The van der Waals surface area contributed by atoms with E-state index in [0.717, 1.165) is 45.7 Å². The Bertz CT molecular complexity index is 391. The molecule has 8 heteroatoms. The first-order chi connectivity index (χ1) is 11.2. The Kier molecular flexibility index (Phi) is 7.41. The molecule has 1 amide bonds. The van der Waals surface area contributed by atoms with Crippen LogP contribution in [-0.4, -0.2) is 87.0 Å². The number of piperidine rings is 1. The van der Waals surface area contributed by atoms with Crippen LogP contribution in [0.1, 0.15) is 19.8 Å². The molecule has 0 aromatic carbocycles. The summed E-state index contributed by atoms with van der Waals surface area (Å²) in [6.07, 6.45) is 1.50. The molecule has 2 aliphatic rings. The lowest BCUT2D eigenvalue weighted by Crippen LogP contribution is -2.48. The van der Waals surface area contributed by atoms with Crippen molar-refractivity contribution in [3.8, 4) is 0 Å². The van der Waals surface area contributed by atoms with Crippen molar-refractivity contribution >= 4 is 12.1 Å². The van der Waals surface area contributed by atoms with Gasteiger partial charge in [0, 0.05) is 38.8 Å². The van der Waals surface area contributed by atoms with E-state index in [0.29, 0.717) is 32.2 Å². The topological polar surface area (TPSA) is 92.4 Å². The number of hydrogen-bond acceptors (Lipinski definition) is 5. The fourth-order valence-corrected chi connectivity index (χ4v) is 2.81. The molecular formula is C15H29N5O3. The van der Waals surface area contributed by atoms with Crippen LogP contribution in [0, 0.1) is 0 Å². The minimum atomic E-state index is -0.224. The first kappa shape index (κ1) is 17.8. The zero-order valence-corrected chi connectivity index (χ0v) is 14.0. The molecule has 0 unspecified atom stereocenters. The molecule has 8 nitrogen and oxygen atoms in total. The lowest BCUT2D eigenvalue weighted by Gasteiger charge is -2.31. The van der Waals surface area contributed by atoms with Crippen molar-refractivity contribution in [1.29, 1.82) is 0 Å². The number of nitrogens with one attached hydrogen (secondary N) is 1. The number of hydrogen-bond donors (Lipinski definition) is 2. The molecule has 0 aliphatic carbocycles. The largest absolute Gasteiger partial charge is 0.450 e. The van der Waals surface area contributed by atoms with E-state index in [9.17, 15) is 4.79 Å². The molecule has 0 saturated carbocycles. The third kappa shape index (κ3) is 6.23. The molecule has 0 spiro atoms. The molecule has 0 aromatic heterocycles. The second kappa shape index (κ2) is 9.57. The fourth-order valence-electron chi connectivity index (χ4n) is 2.81. The second-order valence-electron chi connectivity index (χ2n) is 5.83. The van der Waals surface area contributed by atoms with E-state index >= 15 is 0 Å². The highest BCUT2D eigenvalue weighted by atomic mass is 16.6. The summed E-state index contributed by atoms with van der Waals surface area (Å²) in [5, 5.41) is 3.25. The van der Waals surface area contributed by atoms with Gasteiger partial charge in [0.2, 0.25) is 0 Å². The molecule has 2 fully saturated rings. The van der Waals surface area contributed by atoms with Crippen molar-refractivity contribution in [2.75, 3.05) is 59.1 Å². The summed E-state index contributed by atoms with van der Waals surface area (Å²) >= 11 is 0. The van der Waals surface area contributed by atoms with Crippen molar-refractivity contribution in [3.63, 3.8) is 0 Å². The zero-order valence-electron chi connectivity index (χ0n) is 14.0. The van der Waals surface area contributed by atoms with Gasteiger partial charge in [0.05, 0.1) is 26.4 Å². The standard InChI is InChI=1S/C15H29N5O3/c1-2-23-15(21)20-6-3-13(4-7-20)18-14(16)17-5-8-19-9-11-22-12-10-19/h13H,2-12H2,1H3,(H3,16,17,18). The minimum Gasteiger partial charge on any atom is -0.450 e. The number of rotatable bonds is 5. The molecular weight excluding hydrogens is 298 g/mol. The molecule has 23 heavy (non-hydrogen) atoms. The number of guanidine groups is 1. The Morgan fingerprint density at radius 1 is 1.30 bits per heavy atom. The van der Waals surface area contributed by atoms with E-state index in [-0.39, 0.29) is 12.1 Å². The van der Waals surface area contributed by atoms with Crippen molar-refractivity contribution in [1.82, 2.24) is 15.1 Å². The highest BCUT2D eigenvalue weighted by Gasteiger charge is 2.23. The maximum Gasteiger partial charge on any atom is 0.409 e. The third-order valence-electron chi connectivity index (χ3n) is 4.18. The lowest BCUT2D eigenvalue weighted by molar-refractivity contribution is 0.0394. The van der Waals surface area contributed by atoms with Gasteiger partial charge in [-0.1, -0.05) is 0 Å². The van der Waals surface area contributed by atoms with Gasteiger partial charge >= 0.3 is 6.09 Å². The Balaban J connectivity index is 1.62. The first-order valence-corrected chi connectivity index (χ1v) is 8.47. The molecule has 0 radical (unpaired) electrons. The maximum absolute atomic E-state index is 11.6. The SMILES string of the molecule is CCOC(=O)N1CCC(NC(N)=NCCN2CCOCC2)CC1. The molecule has 132 valence electrons. The monoisotopic (exact) mass is 327 g/mol. The molecule has 2 aliphatic heterocycles. The Morgan fingerprint density at radius 2 is 2.00 bits per heavy atom. The van der Waals surface area contributed by atoms with Crippen LogP contribution in [-0.2, 0) is 9.47 Å². The van der Waals surface area contributed by atoms with Crippen LogP contribution in [0.2, 0.25) is 0 Å². The number of carbonyl (C=O) groups excluding carboxylic acids is 1. The van der Waals surface area contributed by atoms with Crippen molar-refractivity contribution in [2.24, 2.45) is 10.7 Å². The molecule has 0 bridgehead atoms. The number of likely N-dealkylation sites (tertiary alicyclic amines) is 1. The van der Waals surface area contributed by atoms with Crippen LogP contribution < -0.4 is 11.1 Å². The smallest absolute Gasteiger partial charge is 0.409 e. The van der Waals surface area contributed by atoms with Gasteiger partial charge in [-0.25, -0.2) is 4.79 Å². The Labute approximate surface area is 138 Å². The highest BCUT2D eigenvalue weighted by molar-refractivity contribution is 5.78. The average Bonchev–Trinajstić information content (AvgIpc) is 2.57. The van der Waals surface area contributed by atoms with Gasteiger partial charge < -0.3 is 25.4 Å². The molecule has 0 aromatic rings. The minimum absolute atomic E-state index is 0.224. The Hall–Kier alpha value is -1.54. The summed E-state index contributed by atoms with van der Waals surface area (Å²) in [7, 11) is 0. The summed E-state index contributed by atoms with van der Waals surface area (Å²) in [4.78, 5) is 20.1. The summed E-state index contributed by atoms with van der Waals surface area (Å²) in [5.74, 6) is 0.493. The quantitative estimate of drug-likeness (QED) is 0.539. The van der Waals surface area contributed by atoms with Crippen LogP contribution in [0.5, 0.6) is 0 Å². The van der Waals surface area contributed by atoms with Gasteiger partial charge in [0.15, 0.2) is 5.96 Å². The van der Waals surface area contributed by atoms with Crippen LogP contribution in [0.25, 0.3) is 0 Å². The van der Waals surface area contributed by atoms with E-state index in [1.807, 2.05) is 6.92 Å². The number of nitrogens with zero attached hydrogens (tertiary/aromatic N) is 3. The van der Waals surface area contributed by atoms with E-state index < -0.39 is 0 Å². The van der Waals surface area contributed by atoms with Crippen molar-refractivity contribution in [2.45, 2.75) is 25.8 Å². The van der Waals surface area contributed by atoms with Crippen LogP contribution in [0.4, 0.5) is 4.79 Å². The maximum atomic E-state index is 11.6. The average molecular weight is 327 g/mol. The number of ether oxygens (including phenoxy) is 2. The zero-order chi connectivity index (χ0) is 16.5. The molecule has 0 atom stereocenters. The van der Waals surface area contributed by atoms with Crippen LogP contribution in [0.15, 0.2) is 4.99 Å². The van der Waals surface area contributed by atoms with Crippen LogP contribution in [0.3, 0.4) is 0 Å². The highest BCUT2D eigenvalue weighted by Crippen LogP contribution is 2.11. The summed E-state index contributed by atoms with van der Waals surface area (Å²) < 4.78 is 10.3. The molecule has 2 heterocycles. The van der Waals surface area contributed by atoms with E-state index in [1.165, 1.54) is 0 Å². The predicted molar refractivity (Wildman–Crippen MR) is 88.5 cm³/mol. The van der Waals surface area contributed by atoms with Gasteiger partial charge in [0.1, 0.15) is 0 Å². The van der Waals surface area contributed by atoms with Gasteiger partial charge in [-0.05, 0) is 19.8 Å². The normalized spacial score (nSPS) is 21.3. The summed E-state index contributed by atoms with van der Waals surface area (Å²) in [5.41, 5.74) is 5.95. The van der Waals surface area contributed by atoms with Gasteiger partial charge in [0.25, 0.3) is 0 Å². The number of aliphatic imine (C=N–C) groups is 1.